The van der Waals surface area contributed by atoms with Crippen LogP contribution in [-0.4, -0.2) is 49.6 Å². The highest BCUT2D eigenvalue weighted by Crippen LogP contribution is 2.19. The van der Waals surface area contributed by atoms with Gasteiger partial charge in [-0.3, -0.25) is 9.59 Å². The fourth-order valence-electron chi connectivity index (χ4n) is 3.06. The Labute approximate surface area is 159 Å². The molecule has 0 bridgehead atoms. The van der Waals surface area contributed by atoms with Gasteiger partial charge in [0, 0.05) is 30.0 Å². The van der Waals surface area contributed by atoms with Crippen molar-refractivity contribution in [1.29, 1.82) is 0 Å². The van der Waals surface area contributed by atoms with Crippen LogP contribution in [0, 0.1) is 13.8 Å². The van der Waals surface area contributed by atoms with Crippen LogP contribution in [0.2, 0.25) is 0 Å². The van der Waals surface area contributed by atoms with Crippen LogP contribution in [0.3, 0.4) is 0 Å². The molecule has 0 radical (unpaired) electrons. The Kier molecular flexibility index (Phi) is 6.08. The van der Waals surface area contributed by atoms with Gasteiger partial charge in [-0.15, -0.1) is 0 Å². The molecular weight excluding hydrogens is 342 g/mol. The van der Waals surface area contributed by atoms with Crippen LogP contribution in [0.25, 0.3) is 0 Å². The van der Waals surface area contributed by atoms with Crippen molar-refractivity contribution in [3.8, 4) is 0 Å². The molecule has 0 unspecified atom stereocenters. The maximum atomic E-state index is 12.4. The number of para-hydroxylation sites is 1. The molecule has 0 aromatic heterocycles. The van der Waals surface area contributed by atoms with Crippen molar-refractivity contribution in [2.45, 2.75) is 13.8 Å². The quantitative estimate of drug-likeness (QED) is 0.853. The van der Waals surface area contributed by atoms with Crippen molar-refractivity contribution in [3.05, 3.63) is 59.2 Å². The molecular formula is C21H25N3O3. The van der Waals surface area contributed by atoms with Gasteiger partial charge >= 0.3 is 0 Å². The number of ether oxygens (including phenoxy) is 1. The lowest BCUT2D eigenvalue weighted by atomic mass is 10.1. The lowest BCUT2D eigenvalue weighted by Gasteiger charge is -2.26. The largest absolute Gasteiger partial charge is 0.378 e. The molecule has 1 aliphatic heterocycles. The van der Waals surface area contributed by atoms with Crippen molar-refractivity contribution in [1.82, 2.24) is 4.90 Å². The molecule has 1 aliphatic rings. The average molecular weight is 367 g/mol. The predicted octanol–water partition coefficient (Wildman–Crippen LogP) is 2.83. The van der Waals surface area contributed by atoms with E-state index >= 15 is 0 Å². The number of rotatable bonds is 5. The number of nitrogens with zero attached hydrogens (tertiary/aromatic N) is 1. The summed E-state index contributed by atoms with van der Waals surface area (Å²) in [5, 5.41) is 6.04. The summed E-state index contributed by atoms with van der Waals surface area (Å²) in [5.74, 6) is -0.0986. The van der Waals surface area contributed by atoms with Gasteiger partial charge in [-0.05, 0) is 49.2 Å². The summed E-state index contributed by atoms with van der Waals surface area (Å²) in [6.45, 7) is 6.52. The number of carbonyl (C=O) groups excluding carboxylic acids is 2. The summed E-state index contributed by atoms with van der Waals surface area (Å²) in [5.41, 5.74) is 4.37. The van der Waals surface area contributed by atoms with Gasteiger partial charge in [0.15, 0.2) is 0 Å². The molecule has 3 rings (SSSR count). The molecule has 2 amide bonds. The lowest BCUT2D eigenvalue weighted by Crippen LogP contribution is -2.40. The number of benzene rings is 2. The molecule has 6 heteroatoms. The number of morpholine rings is 1. The van der Waals surface area contributed by atoms with Gasteiger partial charge in [0.25, 0.3) is 5.91 Å². The van der Waals surface area contributed by atoms with E-state index in [9.17, 15) is 9.59 Å². The van der Waals surface area contributed by atoms with Crippen molar-refractivity contribution < 1.29 is 14.3 Å². The van der Waals surface area contributed by atoms with E-state index in [1.54, 1.807) is 17.0 Å². The topological polar surface area (TPSA) is 70.7 Å². The Balaban J connectivity index is 1.54. The Hall–Kier alpha value is -2.86. The molecule has 2 aromatic rings. The Bertz CT molecular complexity index is 792. The zero-order chi connectivity index (χ0) is 19.2. The minimum absolute atomic E-state index is 0.0117. The molecule has 0 aliphatic carbocycles. The van der Waals surface area contributed by atoms with Crippen LogP contribution >= 0.6 is 0 Å². The normalized spacial score (nSPS) is 13.9. The summed E-state index contributed by atoms with van der Waals surface area (Å²) in [6, 6.07) is 13.1. The third-order valence-corrected chi connectivity index (χ3v) is 4.63. The molecule has 27 heavy (non-hydrogen) atoms. The van der Waals surface area contributed by atoms with Gasteiger partial charge in [-0.2, -0.15) is 0 Å². The monoisotopic (exact) mass is 367 g/mol. The number of amides is 2. The van der Waals surface area contributed by atoms with E-state index in [1.807, 2.05) is 44.2 Å². The second kappa shape index (κ2) is 8.68. The molecule has 0 atom stereocenters. The average Bonchev–Trinajstić information content (AvgIpc) is 2.70. The zero-order valence-corrected chi connectivity index (χ0v) is 15.7. The lowest BCUT2D eigenvalue weighted by molar-refractivity contribution is -0.114. The maximum absolute atomic E-state index is 12.4. The van der Waals surface area contributed by atoms with Crippen LogP contribution in [0.4, 0.5) is 11.4 Å². The summed E-state index contributed by atoms with van der Waals surface area (Å²) < 4.78 is 5.27. The minimum atomic E-state index is -0.110. The smallest absolute Gasteiger partial charge is 0.254 e. The summed E-state index contributed by atoms with van der Waals surface area (Å²) in [4.78, 5) is 26.5. The van der Waals surface area contributed by atoms with E-state index in [0.717, 1.165) is 22.5 Å². The van der Waals surface area contributed by atoms with Crippen LogP contribution in [0.15, 0.2) is 42.5 Å². The minimum Gasteiger partial charge on any atom is -0.378 e. The zero-order valence-electron chi connectivity index (χ0n) is 15.7. The summed E-state index contributed by atoms with van der Waals surface area (Å²) in [6.07, 6.45) is 0. The van der Waals surface area contributed by atoms with Gasteiger partial charge in [0.2, 0.25) is 5.91 Å². The number of nitrogens with one attached hydrogen (secondary N) is 2. The van der Waals surface area contributed by atoms with Gasteiger partial charge in [0.05, 0.1) is 19.8 Å². The SMILES string of the molecule is Cc1cccc(C)c1NC(=O)CNc1ccc(C(=O)N2CCOCC2)cc1. The van der Waals surface area contributed by atoms with E-state index < -0.39 is 0 Å². The summed E-state index contributed by atoms with van der Waals surface area (Å²) >= 11 is 0. The van der Waals surface area contributed by atoms with Crippen LogP contribution in [-0.2, 0) is 9.53 Å². The second-order valence-electron chi connectivity index (χ2n) is 6.65. The highest BCUT2D eigenvalue weighted by molar-refractivity contribution is 5.96. The Morgan fingerprint density at radius 3 is 2.26 bits per heavy atom. The standard InChI is InChI=1S/C21H25N3O3/c1-15-4-3-5-16(2)20(15)23-19(25)14-22-18-8-6-17(7-9-18)21(26)24-10-12-27-13-11-24/h3-9,22H,10-14H2,1-2H3,(H,23,25). The Morgan fingerprint density at radius 1 is 1.00 bits per heavy atom. The van der Waals surface area contributed by atoms with Gasteiger partial charge in [-0.1, -0.05) is 18.2 Å². The fraction of sp³-hybridized carbons (Fsp3) is 0.333. The third kappa shape index (κ3) is 4.86. The fourth-order valence-corrected chi connectivity index (χ4v) is 3.06. The molecule has 6 nitrogen and oxygen atoms in total. The molecule has 2 aromatic carbocycles. The maximum Gasteiger partial charge on any atom is 0.254 e. The predicted molar refractivity (Wildman–Crippen MR) is 106 cm³/mol. The molecule has 1 saturated heterocycles. The first-order valence-electron chi connectivity index (χ1n) is 9.11. The van der Waals surface area contributed by atoms with Crippen molar-refractivity contribution >= 4 is 23.2 Å². The molecule has 0 spiro atoms. The number of aryl methyl sites for hydroxylation is 2. The number of hydrogen-bond donors (Lipinski definition) is 2. The molecule has 142 valence electrons. The summed E-state index contributed by atoms with van der Waals surface area (Å²) in [7, 11) is 0. The van der Waals surface area contributed by atoms with Crippen LogP contribution in [0.5, 0.6) is 0 Å². The van der Waals surface area contributed by atoms with Crippen molar-refractivity contribution in [2.75, 3.05) is 43.5 Å². The first-order chi connectivity index (χ1) is 13.0. The first-order valence-corrected chi connectivity index (χ1v) is 9.11. The van der Waals surface area contributed by atoms with Crippen molar-refractivity contribution in [2.24, 2.45) is 0 Å². The highest BCUT2D eigenvalue weighted by Gasteiger charge is 2.18. The van der Waals surface area contributed by atoms with Crippen LogP contribution in [0.1, 0.15) is 21.5 Å². The number of hydrogen-bond acceptors (Lipinski definition) is 4. The number of anilines is 2. The third-order valence-electron chi connectivity index (χ3n) is 4.63. The van der Waals surface area contributed by atoms with E-state index in [0.29, 0.717) is 31.9 Å². The van der Waals surface area contributed by atoms with E-state index in [1.165, 1.54) is 0 Å². The van der Waals surface area contributed by atoms with Crippen molar-refractivity contribution in [3.63, 3.8) is 0 Å². The Morgan fingerprint density at radius 2 is 1.63 bits per heavy atom. The first kappa shape index (κ1) is 18.9. The van der Waals surface area contributed by atoms with Crippen LogP contribution < -0.4 is 10.6 Å². The highest BCUT2D eigenvalue weighted by atomic mass is 16.5. The molecule has 1 fully saturated rings. The molecule has 1 heterocycles. The molecule has 2 N–H and O–H groups in total. The van der Waals surface area contributed by atoms with Gasteiger partial charge in [-0.25, -0.2) is 0 Å². The van der Waals surface area contributed by atoms with E-state index in [2.05, 4.69) is 10.6 Å². The van der Waals surface area contributed by atoms with Gasteiger partial charge < -0.3 is 20.3 Å². The number of carbonyl (C=O) groups is 2. The molecule has 0 saturated carbocycles. The van der Waals surface area contributed by atoms with Gasteiger partial charge in [0.1, 0.15) is 0 Å². The second-order valence-corrected chi connectivity index (χ2v) is 6.65. The van der Waals surface area contributed by atoms with E-state index in [-0.39, 0.29) is 18.4 Å². The van der Waals surface area contributed by atoms with E-state index in [4.69, 9.17) is 4.74 Å².